The Morgan fingerprint density at radius 1 is 1.22 bits per heavy atom. The van der Waals surface area contributed by atoms with E-state index in [1.54, 1.807) is 24.7 Å². The summed E-state index contributed by atoms with van der Waals surface area (Å²) in [6.45, 7) is 2.88. The van der Waals surface area contributed by atoms with Crippen LogP contribution in [-0.2, 0) is 6.54 Å². The van der Waals surface area contributed by atoms with Crippen molar-refractivity contribution < 1.29 is 0 Å². The van der Waals surface area contributed by atoms with E-state index in [1.807, 2.05) is 34.6 Å². The Kier molecular flexibility index (Phi) is 2.97. The SMILES string of the molecule is CCn1cc(-c2cnc3c(Nc4ccn(N)n4)nccn23)cn1. The Morgan fingerprint density at radius 2 is 2.13 bits per heavy atom. The fourth-order valence-electron chi connectivity index (χ4n) is 2.42. The smallest absolute Gasteiger partial charge is 0.180 e. The summed E-state index contributed by atoms with van der Waals surface area (Å²) in [5, 5.41) is 11.5. The third-order valence-electron chi connectivity index (χ3n) is 3.54. The molecule has 0 bridgehead atoms. The number of nitrogens with zero attached hydrogens (tertiary/aromatic N) is 7. The van der Waals surface area contributed by atoms with Crippen LogP contribution in [0.5, 0.6) is 0 Å². The number of aromatic nitrogens is 7. The first-order valence-corrected chi connectivity index (χ1v) is 7.17. The number of nitrogen functional groups attached to an aromatic ring is 1. The third-order valence-corrected chi connectivity index (χ3v) is 3.54. The molecule has 23 heavy (non-hydrogen) atoms. The van der Waals surface area contributed by atoms with Gasteiger partial charge in [0.2, 0.25) is 0 Å². The van der Waals surface area contributed by atoms with Crippen molar-refractivity contribution in [2.75, 3.05) is 11.2 Å². The molecule has 0 aliphatic heterocycles. The van der Waals surface area contributed by atoms with Crippen molar-refractivity contribution in [1.29, 1.82) is 0 Å². The predicted octanol–water partition coefficient (Wildman–Crippen LogP) is 1.27. The lowest BCUT2D eigenvalue weighted by atomic mass is 10.3. The van der Waals surface area contributed by atoms with Gasteiger partial charge in [0.1, 0.15) is 0 Å². The Bertz CT molecular complexity index is 962. The minimum Gasteiger partial charge on any atom is -0.323 e. The molecule has 3 N–H and O–H groups in total. The monoisotopic (exact) mass is 309 g/mol. The molecule has 0 fully saturated rings. The van der Waals surface area contributed by atoms with E-state index in [-0.39, 0.29) is 0 Å². The molecule has 0 aromatic carbocycles. The molecule has 9 nitrogen and oxygen atoms in total. The van der Waals surface area contributed by atoms with E-state index in [4.69, 9.17) is 5.84 Å². The third kappa shape index (κ3) is 2.27. The fraction of sp³-hybridized carbons (Fsp3) is 0.143. The Labute approximate surface area is 131 Å². The molecule has 0 aliphatic rings. The number of nitrogens with one attached hydrogen (secondary N) is 1. The number of anilines is 2. The van der Waals surface area contributed by atoms with Gasteiger partial charge in [-0.25, -0.2) is 9.97 Å². The summed E-state index contributed by atoms with van der Waals surface area (Å²) >= 11 is 0. The second-order valence-electron chi connectivity index (χ2n) is 5.00. The summed E-state index contributed by atoms with van der Waals surface area (Å²) in [7, 11) is 0. The van der Waals surface area contributed by atoms with E-state index in [0.717, 1.165) is 17.8 Å². The molecule has 0 saturated heterocycles. The molecule has 0 amide bonds. The van der Waals surface area contributed by atoms with Crippen molar-refractivity contribution >= 4 is 17.3 Å². The maximum Gasteiger partial charge on any atom is 0.180 e. The van der Waals surface area contributed by atoms with Gasteiger partial charge in [0.05, 0.1) is 24.3 Å². The molecule has 9 heteroatoms. The number of aryl methyl sites for hydroxylation is 1. The van der Waals surface area contributed by atoms with Crippen LogP contribution in [0.4, 0.5) is 11.6 Å². The minimum absolute atomic E-state index is 0.608. The minimum atomic E-state index is 0.608. The van der Waals surface area contributed by atoms with Gasteiger partial charge in [-0.05, 0) is 6.92 Å². The van der Waals surface area contributed by atoms with E-state index < -0.39 is 0 Å². The van der Waals surface area contributed by atoms with Crippen LogP contribution < -0.4 is 11.2 Å². The van der Waals surface area contributed by atoms with E-state index in [2.05, 4.69) is 25.5 Å². The van der Waals surface area contributed by atoms with Crippen LogP contribution >= 0.6 is 0 Å². The van der Waals surface area contributed by atoms with Crippen molar-refractivity contribution in [3.63, 3.8) is 0 Å². The van der Waals surface area contributed by atoms with Crippen molar-refractivity contribution in [2.45, 2.75) is 13.5 Å². The molecule has 4 rings (SSSR count). The lowest BCUT2D eigenvalue weighted by molar-refractivity contribution is 0.660. The lowest BCUT2D eigenvalue weighted by Gasteiger charge is -2.04. The van der Waals surface area contributed by atoms with Gasteiger partial charge in [0.15, 0.2) is 17.3 Å². The van der Waals surface area contributed by atoms with E-state index >= 15 is 0 Å². The number of fused-ring (bicyclic) bond motifs is 1. The molecule has 0 atom stereocenters. The highest BCUT2D eigenvalue weighted by molar-refractivity contribution is 5.72. The first-order valence-electron chi connectivity index (χ1n) is 7.17. The second kappa shape index (κ2) is 5.13. The largest absolute Gasteiger partial charge is 0.323 e. The Hall–Kier alpha value is -3.36. The highest BCUT2D eigenvalue weighted by atomic mass is 15.5. The van der Waals surface area contributed by atoms with Gasteiger partial charge in [-0.15, -0.1) is 5.10 Å². The molecular weight excluding hydrogens is 294 g/mol. The average Bonchev–Trinajstić information content (AvgIpc) is 3.26. The second-order valence-corrected chi connectivity index (χ2v) is 5.00. The van der Waals surface area contributed by atoms with E-state index in [0.29, 0.717) is 17.3 Å². The van der Waals surface area contributed by atoms with Gasteiger partial charge in [-0.2, -0.15) is 9.89 Å². The quantitative estimate of drug-likeness (QED) is 0.550. The molecule has 4 aromatic heterocycles. The maximum absolute atomic E-state index is 5.56. The van der Waals surface area contributed by atoms with Crippen LogP contribution in [0.3, 0.4) is 0 Å². The highest BCUT2D eigenvalue weighted by Crippen LogP contribution is 2.24. The molecule has 4 aromatic rings. The normalized spacial score (nSPS) is 11.2. The molecule has 0 saturated carbocycles. The topological polar surface area (TPSA) is 104 Å². The average molecular weight is 309 g/mol. The Morgan fingerprint density at radius 3 is 2.87 bits per heavy atom. The zero-order chi connectivity index (χ0) is 15.8. The molecule has 116 valence electrons. The van der Waals surface area contributed by atoms with Gasteiger partial charge in [0.25, 0.3) is 0 Å². The molecule has 0 unspecified atom stereocenters. The number of hydrogen-bond acceptors (Lipinski definition) is 6. The zero-order valence-electron chi connectivity index (χ0n) is 12.5. The van der Waals surface area contributed by atoms with Crippen LogP contribution in [-0.4, -0.2) is 34.0 Å². The number of nitrogens with two attached hydrogens (primary N) is 1. The number of hydrogen-bond donors (Lipinski definition) is 2. The van der Waals surface area contributed by atoms with Gasteiger partial charge < -0.3 is 11.2 Å². The van der Waals surface area contributed by atoms with Crippen LogP contribution in [0.15, 0.2) is 43.2 Å². The van der Waals surface area contributed by atoms with E-state index in [9.17, 15) is 0 Å². The van der Waals surface area contributed by atoms with Crippen LogP contribution in [0.25, 0.3) is 16.9 Å². The van der Waals surface area contributed by atoms with Gasteiger partial charge in [-0.1, -0.05) is 0 Å². The van der Waals surface area contributed by atoms with Crippen molar-refractivity contribution in [2.24, 2.45) is 0 Å². The summed E-state index contributed by atoms with van der Waals surface area (Å²) in [5.74, 6) is 6.77. The van der Waals surface area contributed by atoms with Crippen molar-refractivity contribution in [3.8, 4) is 11.3 Å². The molecule has 0 aliphatic carbocycles. The predicted molar refractivity (Wildman–Crippen MR) is 85.5 cm³/mol. The van der Waals surface area contributed by atoms with Crippen molar-refractivity contribution in [3.05, 3.63) is 43.2 Å². The maximum atomic E-state index is 5.56. The molecule has 4 heterocycles. The van der Waals surface area contributed by atoms with Gasteiger partial charge in [-0.3, -0.25) is 9.08 Å². The molecule has 0 spiro atoms. The molecular formula is C14H15N9. The summed E-state index contributed by atoms with van der Waals surface area (Å²) in [5.41, 5.74) is 2.66. The van der Waals surface area contributed by atoms with Gasteiger partial charge in [0, 0.05) is 36.8 Å². The van der Waals surface area contributed by atoms with E-state index in [1.165, 1.54) is 4.79 Å². The summed E-state index contributed by atoms with van der Waals surface area (Å²) in [6, 6.07) is 1.76. The molecule has 0 radical (unpaired) electrons. The van der Waals surface area contributed by atoms with Crippen molar-refractivity contribution in [1.82, 2.24) is 34.0 Å². The first kappa shape index (κ1) is 13.3. The fourth-order valence-corrected chi connectivity index (χ4v) is 2.42. The highest BCUT2D eigenvalue weighted by Gasteiger charge is 2.12. The summed E-state index contributed by atoms with van der Waals surface area (Å²) in [4.78, 5) is 10.0. The van der Waals surface area contributed by atoms with Crippen LogP contribution in [0, 0.1) is 0 Å². The first-order chi connectivity index (χ1) is 11.2. The number of imidazole rings is 1. The standard InChI is InChI=1S/C14H15N9/c1-2-21-9-10(7-18-21)11-8-17-14-13(16-4-6-22(11)14)19-12-3-5-23(15)20-12/h3-9H,2,15H2,1H3,(H,16,19,20). The van der Waals surface area contributed by atoms with Crippen LogP contribution in [0.2, 0.25) is 0 Å². The zero-order valence-corrected chi connectivity index (χ0v) is 12.5. The summed E-state index contributed by atoms with van der Waals surface area (Å²) in [6.07, 6.45) is 10.9. The van der Waals surface area contributed by atoms with Crippen LogP contribution in [0.1, 0.15) is 6.92 Å². The van der Waals surface area contributed by atoms with Gasteiger partial charge >= 0.3 is 0 Å². The summed E-state index contributed by atoms with van der Waals surface area (Å²) < 4.78 is 3.84. The Balaban J connectivity index is 1.76. The lowest BCUT2D eigenvalue weighted by Crippen LogP contribution is -2.08. The number of rotatable bonds is 4.